The van der Waals surface area contributed by atoms with Crippen molar-refractivity contribution in [3.8, 4) is 0 Å². The maximum atomic E-state index is 11.2. The number of carbonyl (C=O) groups excluding carboxylic acids is 1. The first-order chi connectivity index (χ1) is 9.63. The van der Waals surface area contributed by atoms with Gasteiger partial charge in [0.15, 0.2) is 5.58 Å². The lowest BCUT2D eigenvalue weighted by Gasteiger charge is -2.04. The first-order valence-corrected chi connectivity index (χ1v) is 6.68. The van der Waals surface area contributed by atoms with Gasteiger partial charge < -0.3 is 15.9 Å². The maximum Gasteiger partial charge on any atom is 0.261 e. The molecule has 0 unspecified atom stereocenters. The van der Waals surface area contributed by atoms with Gasteiger partial charge in [0.1, 0.15) is 5.52 Å². The molecule has 0 saturated heterocycles. The molecule has 0 radical (unpaired) electrons. The summed E-state index contributed by atoms with van der Waals surface area (Å²) in [6, 6.07) is 12.4. The van der Waals surface area contributed by atoms with Crippen LogP contribution in [-0.2, 0) is 0 Å². The number of amides is 1. The minimum Gasteiger partial charge on any atom is -0.431 e. The molecule has 0 saturated carbocycles. The molecule has 5 nitrogen and oxygen atoms in total. The number of para-hydroxylation sites is 2. The van der Waals surface area contributed by atoms with Crippen LogP contribution < -0.4 is 11.5 Å². The molecule has 0 bridgehead atoms. The van der Waals surface area contributed by atoms with Gasteiger partial charge in [-0.1, -0.05) is 12.1 Å². The molecule has 0 spiro atoms. The number of rotatable bonds is 3. The van der Waals surface area contributed by atoms with Crippen molar-refractivity contribution in [2.75, 3.05) is 5.73 Å². The third kappa shape index (κ3) is 2.33. The number of carbonyl (C=O) groups is 1. The van der Waals surface area contributed by atoms with E-state index in [9.17, 15) is 4.79 Å². The van der Waals surface area contributed by atoms with E-state index in [0.29, 0.717) is 27.0 Å². The van der Waals surface area contributed by atoms with Crippen LogP contribution in [0.15, 0.2) is 57.0 Å². The third-order valence-corrected chi connectivity index (χ3v) is 3.69. The summed E-state index contributed by atoms with van der Waals surface area (Å²) in [5.74, 6) is -0.496. The largest absolute Gasteiger partial charge is 0.431 e. The summed E-state index contributed by atoms with van der Waals surface area (Å²) in [6.45, 7) is 0. The zero-order chi connectivity index (χ0) is 14.1. The lowest BCUT2D eigenvalue weighted by atomic mass is 10.2. The molecule has 0 aliphatic rings. The number of anilines is 1. The molecule has 0 aliphatic heterocycles. The van der Waals surface area contributed by atoms with E-state index in [4.69, 9.17) is 15.9 Å². The van der Waals surface area contributed by atoms with Crippen LogP contribution in [0, 0.1) is 0 Å². The Balaban J connectivity index is 1.97. The van der Waals surface area contributed by atoms with Crippen LogP contribution in [0.3, 0.4) is 0 Å². The Morgan fingerprint density at radius 2 is 2.00 bits per heavy atom. The van der Waals surface area contributed by atoms with Gasteiger partial charge in [-0.2, -0.15) is 0 Å². The highest BCUT2D eigenvalue weighted by Gasteiger charge is 2.11. The van der Waals surface area contributed by atoms with Crippen molar-refractivity contribution < 1.29 is 9.21 Å². The SMILES string of the molecule is NC(=O)c1ccc(N)c(Sc2nc3ccccc3o2)c1. The number of nitrogens with zero attached hydrogens (tertiary/aromatic N) is 1. The number of primary amides is 1. The Morgan fingerprint density at radius 1 is 1.20 bits per heavy atom. The number of aromatic nitrogens is 1. The van der Waals surface area contributed by atoms with E-state index in [2.05, 4.69) is 4.98 Å². The van der Waals surface area contributed by atoms with Gasteiger partial charge in [-0.3, -0.25) is 4.79 Å². The number of nitrogens with two attached hydrogens (primary N) is 2. The fourth-order valence-electron chi connectivity index (χ4n) is 1.76. The molecule has 3 rings (SSSR count). The predicted molar refractivity (Wildman–Crippen MR) is 77.5 cm³/mol. The van der Waals surface area contributed by atoms with Crippen LogP contribution >= 0.6 is 11.8 Å². The zero-order valence-electron chi connectivity index (χ0n) is 10.4. The summed E-state index contributed by atoms with van der Waals surface area (Å²) in [5, 5.41) is 0.472. The molecule has 0 atom stereocenters. The predicted octanol–water partition coefficient (Wildman–Crippen LogP) is 2.66. The normalized spacial score (nSPS) is 10.8. The summed E-state index contributed by atoms with van der Waals surface area (Å²) in [4.78, 5) is 16.2. The molecular weight excluding hydrogens is 274 g/mol. The lowest BCUT2D eigenvalue weighted by Crippen LogP contribution is -2.11. The average Bonchev–Trinajstić information content (AvgIpc) is 2.83. The number of hydrogen-bond donors (Lipinski definition) is 2. The van der Waals surface area contributed by atoms with Crippen LogP contribution in [0.5, 0.6) is 0 Å². The van der Waals surface area contributed by atoms with Gasteiger partial charge in [0, 0.05) is 16.1 Å². The van der Waals surface area contributed by atoms with Gasteiger partial charge in [-0.15, -0.1) is 0 Å². The first kappa shape index (κ1) is 12.6. The third-order valence-electron chi connectivity index (χ3n) is 2.77. The van der Waals surface area contributed by atoms with Crippen LogP contribution in [0.1, 0.15) is 10.4 Å². The van der Waals surface area contributed by atoms with Crippen LogP contribution in [0.2, 0.25) is 0 Å². The monoisotopic (exact) mass is 285 g/mol. The van der Waals surface area contributed by atoms with E-state index in [1.54, 1.807) is 18.2 Å². The van der Waals surface area contributed by atoms with E-state index in [1.807, 2.05) is 24.3 Å². The zero-order valence-corrected chi connectivity index (χ0v) is 11.2. The summed E-state index contributed by atoms with van der Waals surface area (Å²) >= 11 is 1.26. The second kappa shape index (κ2) is 4.90. The van der Waals surface area contributed by atoms with Gasteiger partial charge in [0.2, 0.25) is 5.91 Å². The van der Waals surface area contributed by atoms with Gasteiger partial charge in [-0.05, 0) is 42.1 Å². The minimum atomic E-state index is -0.496. The molecule has 0 aliphatic carbocycles. The Bertz CT molecular complexity index is 765. The topological polar surface area (TPSA) is 95.1 Å². The standard InChI is InChI=1S/C14H11N3O2S/c15-9-6-5-8(13(16)18)7-12(9)20-14-17-10-3-1-2-4-11(10)19-14/h1-7H,15H2,(H2,16,18). The molecule has 4 N–H and O–H groups in total. The molecule has 1 aromatic heterocycles. The quantitative estimate of drug-likeness (QED) is 0.721. The number of fused-ring (bicyclic) bond motifs is 1. The molecule has 100 valence electrons. The Morgan fingerprint density at radius 3 is 2.75 bits per heavy atom. The molecule has 1 amide bonds. The van der Waals surface area contributed by atoms with E-state index in [-0.39, 0.29) is 0 Å². The van der Waals surface area contributed by atoms with Crippen molar-refractivity contribution in [2.45, 2.75) is 10.1 Å². The van der Waals surface area contributed by atoms with Crippen LogP contribution in [0.25, 0.3) is 11.1 Å². The fraction of sp³-hybridized carbons (Fsp3) is 0. The average molecular weight is 285 g/mol. The summed E-state index contributed by atoms with van der Waals surface area (Å²) < 4.78 is 5.61. The second-order valence-corrected chi connectivity index (χ2v) is 5.16. The van der Waals surface area contributed by atoms with E-state index < -0.39 is 5.91 Å². The highest BCUT2D eigenvalue weighted by molar-refractivity contribution is 7.99. The first-order valence-electron chi connectivity index (χ1n) is 5.86. The van der Waals surface area contributed by atoms with Gasteiger partial charge >= 0.3 is 0 Å². The van der Waals surface area contributed by atoms with Gasteiger partial charge in [0.05, 0.1) is 0 Å². The Kier molecular flexibility index (Phi) is 3.08. The van der Waals surface area contributed by atoms with E-state index >= 15 is 0 Å². The van der Waals surface area contributed by atoms with Crippen molar-refractivity contribution >= 4 is 34.5 Å². The van der Waals surface area contributed by atoms with Crippen LogP contribution in [0.4, 0.5) is 5.69 Å². The number of oxazole rings is 1. The highest BCUT2D eigenvalue weighted by atomic mass is 32.2. The lowest BCUT2D eigenvalue weighted by molar-refractivity contribution is 0.1000. The molecule has 6 heteroatoms. The molecule has 2 aromatic carbocycles. The van der Waals surface area contributed by atoms with E-state index in [0.717, 1.165) is 5.52 Å². The second-order valence-electron chi connectivity index (χ2n) is 4.17. The molecule has 1 heterocycles. The number of nitrogen functional groups attached to an aromatic ring is 1. The van der Waals surface area contributed by atoms with Gasteiger partial charge in [-0.25, -0.2) is 4.98 Å². The smallest absolute Gasteiger partial charge is 0.261 e. The molecule has 0 fully saturated rings. The maximum absolute atomic E-state index is 11.2. The fourth-order valence-corrected chi connectivity index (χ4v) is 2.60. The Hall–Kier alpha value is -2.47. The van der Waals surface area contributed by atoms with Crippen molar-refractivity contribution in [3.05, 3.63) is 48.0 Å². The summed E-state index contributed by atoms with van der Waals surface area (Å²) in [7, 11) is 0. The molecule has 20 heavy (non-hydrogen) atoms. The molecular formula is C14H11N3O2S. The summed E-state index contributed by atoms with van der Waals surface area (Å²) in [5.41, 5.74) is 13.6. The Labute approximate surface area is 119 Å². The van der Waals surface area contributed by atoms with E-state index in [1.165, 1.54) is 11.8 Å². The highest BCUT2D eigenvalue weighted by Crippen LogP contribution is 2.33. The number of hydrogen-bond acceptors (Lipinski definition) is 5. The van der Waals surface area contributed by atoms with Crippen molar-refractivity contribution in [3.63, 3.8) is 0 Å². The van der Waals surface area contributed by atoms with Crippen molar-refractivity contribution in [1.82, 2.24) is 4.98 Å². The summed E-state index contributed by atoms with van der Waals surface area (Å²) in [6.07, 6.45) is 0. The minimum absolute atomic E-state index is 0.401. The van der Waals surface area contributed by atoms with Crippen LogP contribution in [-0.4, -0.2) is 10.9 Å². The number of benzene rings is 2. The molecule has 3 aromatic rings. The van der Waals surface area contributed by atoms with Crippen molar-refractivity contribution in [2.24, 2.45) is 5.73 Å². The van der Waals surface area contributed by atoms with Crippen molar-refractivity contribution in [1.29, 1.82) is 0 Å². The van der Waals surface area contributed by atoms with Gasteiger partial charge in [0.25, 0.3) is 5.22 Å².